The van der Waals surface area contributed by atoms with E-state index in [-0.39, 0.29) is 6.15 Å². The second-order valence-electron chi connectivity index (χ2n) is 3.15. The Hall–Kier alpha value is -0.930. The minimum absolute atomic E-state index is 0. The standard InChI is InChI=1S/C11H18N2.H3N/c1-4-9-6-7-10(8-12-3)13-11(9)5-2;/h6-7,12H,4-5,8H2,1-3H3;1H3. The lowest BCUT2D eigenvalue weighted by Gasteiger charge is -2.07. The van der Waals surface area contributed by atoms with E-state index < -0.39 is 0 Å². The lowest BCUT2D eigenvalue weighted by molar-refractivity contribution is 0.777. The third-order valence-corrected chi connectivity index (χ3v) is 2.20. The molecule has 1 heterocycles. The van der Waals surface area contributed by atoms with Crippen molar-refractivity contribution in [2.24, 2.45) is 0 Å². The molecular weight excluding hydrogens is 174 g/mol. The van der Waals surface area contributed by atoms with Gasteiger partial charge in [-0.05, 0) is 31.5 Å². The number of nitrogens with zero attached hydrogens (tertiary/aromatic N) is 1. The number of pyridine rings is 1. The summed E-state index contributed by atoms with van der Waals surface area (Å²) in [4.78, 5) is 4.59. The molecule has 1 aromatic heterocycles. The molecule has 0 saturated heterocycles. The van der Waals surface area contributed by atoms with Crippen LogP contribution in [0, 0.1) is 0 Å². The van der Waals surface area contributed by atoms with E-state index in [2.05, 4.69) is 36.3 Å². The SMILES string of the molecule is CCc1ccc(CNC)nc1CC.N. The van der Waals surface area contributed by atoms with Crippen LogP contribution in [0.15, 0.2) is 12.1 Å². The summed E-state index contributed by atoms with van der Waals surface area (Å²) in [6, 6.07) is 4.30. The summed E-state index contributed by atoms with van der Waals surface area (Å²) in [6.07, 6.45) is 2.11. The maximum atomic E-state index is 4.59. The molecule has 0 radical (unpaired) electrons. The molecule has 14 heavy (non-hydrogen) atoms. The van der Waals surface area contributed by atoms with Crippen LogP contribution in [0.2, 0.25) is 0 Å². The van der Waals surface area contributed by atoms with Gasteiger partial charge in [0.05, 0.1) is 5.69 Å². The Morgan fingerprint density at radius 2 is 1.93 bits per heavy atom. The predicted molar refractivity (Wildman–Crippen MR) is 60.8 cm³/mol. The van der Waals surface area contributed by atoms with Crippen LogP contribution in [-0.4, -0.2) is 12.0 Å². The Morgan fingerprint density at radius 1 is 1.21 bits per heavy atom. The smallest absolute Gasteiger partial charge is 0.0545 e. The monoisotopic (exact) mass is 195 g/mol. The zero-order valence-corrected chi connectivity index (χ0v) is 9.43. The third-order valence-electron chi connectivity index (χ3n) is 2.20. The highest BCUT2D eigenvalue weighted by Gasteiger charge is 2.01. The molecule has 3 heteroatoms. The first-order chi connectivity index (χ1) is 6.31. The molecule has 0 aliphatic heterocycles. The molecule has 0 bridgehead atoms. The summed E-state index contributed by atoms with van der Waals surface area (Å²) in [5, 5.41) is 3.11. The molecule has 80 valence electrons. The molecule has 3 nitrogen and oxygen atoms in total. The number of aromatic nitrogens is 1. The van der Waals surface area contributed by atoms with Crippen LogP contribution in [0.5, 0.6) is 0 Å². The van der Waals surface area contributed by atoms with Crippen molar-refractivity contribution in [3.63, 3.8) is 0 Å². The second-order valence-corrected chi connectivity index (χ2v) is 3.15. The van der Waals surface area contributed by atoms with Gasteiger partial charge in [0, 0.05) is 12.2 Å². The number of aryl methyl sites for hydroxylation is 2. The Kier molecular flexibility index (Phi) is 6.08. The van der Waals surface area contributed by atoms with Gasteiger partial charge in [-0.1, -0.05) is 19.9 Å². The normalized spacial score (nSPS) is 9.64. The minimum Gasteiger partial charge on any atom is -0.344 e. The average molecular weight is 195 g/mol. The van der Waals surface area contributed by atoms with Gasteiger partial charge >= 0.3 is 0 Å². The number of hydrogen-bond acceptors (Lipinski definition) is 3. The van der Waals surface area contributed by atoms with Crippen LogP contribution >= 0.6 is 0 Å². The fourth-order valence-electron chi connectivity index (χ4n) is 1.48. The third kappa shape index (κ3) is 3.09. The summed E-state index contributed by atoms with van der Waals surface area (Å²) >= 11 is 0. The number of hydrogen-bond donors (Lipinski definition) is 2. The molecule has 0 atom stereocenters. The van der Waals surface area contributed by atoms with E-state index in [0.29, 0.717) is 0 Å². The maximum Gasteiger partial charge on any atom is 0.0545 e. The number of nitrogens with one attached hydrogen (secondary N) is 1. The summed E-state index contributed by atoms with van der Waals surface area (Å²) in [6.45, 7) is 5.19. The van der Waals surface area contributed by atoms with Crippen molar-refractivity contribution in [3.8, 4) is 0 Å². The van der Waals surface area contributed by atoms with Gasteiger partial charge in [-0.3, -0.25) is 4.98 Å². The van der Waals surface area contributed by atoms with E-state index in [4.69, 9.17) is 0 Å². The highest BCUT2D eigenvalue weighted by atomic mass is 14.9. The fraction of sp³-hybridized carbons (Fsp3) is 0.545. The van der Waals surface area contributed by atoms with Crippen LogP contribution in [0.1, 0.15) is 30.8 Å². The van der Waals surface area contributed by atoms with Crippen LogP contribution in [0.25, 0.3) is 0 Å². The Balaban J connectivity index is 0.00000169. The molecule has 0 amide bonds. The highest BCUT2D eigenvalue weighted by molar-refractivity contribution is 5.23. The first kappa shape index (κ1) is 13.1. The predicted octanol–water partition coefficient (Wildman–Crippen LogP) is 2.09. The summed E-state index contributed by atoms with van der Waals surface area (Å²) < 4.78 is 0. The average Bonchev–Trinajstić information content (AvgIpc) is 2.18. The maximum absolute atomic E-state index is 4.59. The van der Waals surface area contributed by atoms with Gasteiger partial charge < -0.3 is 11.5 Å². The van der Waals surface area contributed by atoms with Crippen molar-refractivity contribution in [1.29, 1.82) is 0 Å². The molecule has 0 aliphatic rings. The molecule has 0 aromatic carbocycles. The lowest BCUT2D eigenvalue weighted by Crippen LogP contribution is -2.08. The first-order valence-electron chi connectivity index (χ1n) is 4.94. The van der Waals surface area contributed by atoms with Gasteiger partial charge in [-0.2, -0.15) is 0 Å². The van der Waals surface area contributed by atoms with Crippen molar-refractivity contribution in [2.75, 3.05) is 7.05 Å². The lowest BCUT2D eigenvalue weighted by atomic mass is 10.1. The van der Waals surface area contributed by atoms with E-state index in [1.807, 2.05) is 7.05 Å². The molecule has 0 aliphatic carbocycles. The zero-order valence-electron chi connectivity index (χ0n) is 9.43. The van der Waals surface area contributed by atoms with Gasteiger partial charge in [0.2, 0.25) is 0 Å². The van der Waals surface area contributed by atoms with Crippen molar-refractivity contribution >= 4 is 0 Å². The molecule has 1 aromatic rings. The Labute approximate surface area is 86.5 Å². The molecular formula is C11H21N3. The highest BCUT2D eigenvalue weighted by Crippen LogP contribution is 2.09. The zero-order chi connectivity index (χ0) is 9.68. The van der Waals surface area contributed by atoms with Crippen molar-refractivity contribution < 1.29 is 0 Å². The van der Waals surface area contributed by atoms with Crippen LogP contribution < -0.4 is 11.5 Å². The van der Waals surface area contributed by atoms with Crippen LogP contribution in [0.4, 0.5) is 0 Å². The number of rotatable bonds is 4. The van der Waals surface area contributed by atoms with E-state index in [1.165, 1.54) is 11.3 Å². The summed E-state index contributed by atoms with van der Waals surface area (Å²) in [5.74, 6) is 0. The topological polar surface area (TPSA) is 59.9 Å². The summed E-state index contributed by atoms with van der Waals surface area (Å²) in [5.41, 5.74) is 3.76. The fourth-order valence-corrected chi connectivity index (χ4v) is 1.48. The second kappa shape index (κ2) is 6.51. The van der Waals surface area contributed by atoms with Gasteiger partial charge in [0.25, 0.3) is 0 Å². The molecule has 0 saturated carbocycles. The van der Waals surface area contributed by atoms with Crippen molar-refractivity contribution in [2.45, 2.75) is 33.2 Å². The first-order valence-corrected chi connectivity index (χ1v) is 4.94. The van der Waals surface area contributed by atoms with Crippen molar-refractivity contribution in [1.82, 2.24) is 16.5 Å². The van der Waals surface area contributed by atoms with Crippen LogP contribution in [-0.2, 0) is 19.4 Å². The molecule has 0 fully saturated rings. The molecule has 1 rings (SSSR count). The Bertz CT molecular complexity index is 271. The van der Waals surface area contributed by atoms with Gasteiger partial charge in [0.1, 0.15) is 0 Å². The molecule has 0 unspecified atom stereocenters. The van der Waals surface area contributed by atoms with E-state index in [0.717, 1.165) is 25.1 Å². The summed E-state index contributed by atoms with van der Waals surface area (Å²) in [7, 11) is 1.95. The van der Waals surface area contributed by atoms with E-state index in [1.54, 1.807) is 0 Å². The van der Waals surface area contributed by atoms with Gasteiger partial charge in [0.15, 0.2) is 0 Å². The van der Waals surface area contributed by atoms with Gasteiger partial charge in [-0.25, -0.2) is 0 Å². The van der Waals surface area contributed by atoms with Crippen LogP contribution in [0.3, 0.4) is 0 Å². The Morgan fingerprint density at radius 3 is 2.43 bits per heavy atom. The van der Waals surface area contributed by atoms with E-state index >= 15 is 0 Å². The quantitative estimate of drug-likeness (QED) is 0.773. The largest absolute Gasteiger partial charge is 0.344 e. The van der Waals surface area contributed by atoms with Crippen molar-refractivity contribution in [3.05, 3.63) is 29.1 Å². The van der Waals surface area contributed by atoms with E-state index in [9.17, 15) is 0 Å². The van der Waals surface area contributed by atoms with Gasteiger partial charge in [-0.15, -0.1) is 0 Å². The molecule has 0 spiro atoms. The molecule has 4 N–H and O–H groups in total. The minimum atomic E-state index is 0.